The molecule has 1 saturated carbocycles. The van der Waals surface area contributed by atoms with Gasteiger partial charge >= 0.3 is 6.18 Å². The highest BCUT2D eigenvalue weighted by Crippen LogP contribution is 2.66. The van der Waals surface area contributed by atoms with Crippen LogP contribution in [-0.2, 0) is 17.5 Å². The maximum Gasteiger partial charge on any atom is 0.417 e. The van der Waals surface area contributed by atoms with E-state index < -0.39 is 17.3 Å². The minimum Gasteiger partial charge on any atom is -0.358 e. The molecule has 1 amide bonds. The van der Waals surface area contributed by atoms with Crippen LogP contribution in [0.3, 0.4) is 0 Å². The third kappa shape index (κ3) is 4.10. The summed E-state index contributed by atoms with van der Waals surface area (Å²) in [6.45, 7) is 0.331. The van der Waals surface area contributed by atoms with Crippen LogP contribution in [0, 0.1) is 5.41 Å². The molecule has 34 heavy (non-hydrogen) atoms. The maximum atomic E-state index is 14.3. The highest BCUT2D eigenvalue weighted by Gasteiger charge is 2.56. The molecule has 5 rings (SSSR count). The Hall–Kier alpha value is -2.81. The van der Waals surface area contributed by atoms with E-state index in [0.29, 0.717) is 17.8 Å². The number of H-pyrrole nitrogens is 1. The molecule has 180 valence electrons. The number of carbonyl (C=O) groups is 1. The zero-order chi connectivity index (χ0) is 24.1. The summed E-state index contributed by atoms with van der Waals surface area (Å²) in [6, 6.07) is 4.75. The summed E-state index contributed by atoms with van der Waals surface area (Å²) < 4.78 is 42.9. The normalized spacial score (nSPS) is 24.7. The highest BCUT2D eigenvalue weighted by molar-refractivity contribution is 6.33. The van der Waals surface area contributed by atoms with Crippen molar-refractivity contribution in [3.63, 3.8) is 0 Å². The molecule has 1 aliphatic heterocycles. The number of alkyl halides is 3. The van der Waals surface area contributed by atoms with Crippen molar-refractivity contribution in [2.24, 2.45) is 5.41 Å². The van der Waals surface area contributed by atoms with E-state index in [4.69, 9.17) is 11.6 Å². The number of nitrogens with zero attached hydrogens (tertiary/aromatic N) is 3. The first kappa shape index (κ1) is 23.0. The van der Waals surface area contributed by atoms with Gasteiger partial charge in [0.25, 0.3) is 5.56 Å². The van der Waals surface area contributed by atoms with Crippen LogP contribution in [0.1, 0.15) is 48.3 Å². The van der Waals surface area contributed by atoms with Gasteiger partial charge in [0.1, 0.15) is 5.02 Å². The van der Waals surface area contributed by atoms with Gasteiger partial charge in [-0.3, -0.25) is 9.59 Å². The molecule has 2 aliphatic carbocycles. The van der Waals surface area contributed by atoms with Crippen LogP contribution >= 0.6 is 11.6 Å². The first-order valence-electron chi connectivity index (χ1n) is 11.3. The molecule has 1 saturated heterocycles. The number of carbonyl (C=O) groups excluding carboxylic acids is 1. The van der Waals surface area contributed by atoms with E-state index in [1.54, 1.807) is 17.0 Å². The molecule has 0 radical (unpaired) electrons. The summed E-state index contributed by atoms with van der Waals surface area (Å²) in [7, 11) is 0. The summed E-state index contributed by atoms with van der Waals surface area (Å²) in [4.78, 5) is 27.6. The number of hydrogen-bond donors (Lipinski definition) is 1. The van der Waals surface area contributed by atoms with E-state index in [1.807, 2.05) is 0 Å². The van der Waals surface area contributed by atoms with Crippen LogP contribution in [-0.4, -0.2) is 40.6 Å². The summed E-state index contributed by atoms with van der Waals surface area (Å²) in [5.41, 5.74) is -0.411. The molecule has 1 N–H and O–H groups in total. The van der Waals surface area contributed by atoms with Gasteiger partial charge in [-0.15, -0.1) is 0 Å². The van der Waals surface area contributed by atoms with E-state index in [9.17, 15) is 22.8 Å². The largest absolute Gasteiger partial charge is 0.417 e. The first-order chi connectivity index (χ1) is 16.2. The third-order valence-corrected chi connectivity index (χ3v) is 7.69. The highest BCUT2D eigenvalue weighted by atomic mass is 35.5. The standard InChI is InChI=1S/C24H24ClF3N4O2/c25-21-18(12-29-30-22(21)34)31-9-10-32(19(33)14-31)13-15-5-4-6-16(20(15)24(26,27)28)17-11-23(17)7-2-1-3-8-23/h1-2,4-6,12,17H,3,7-11,13-14H2,(H,30,34)/t17?,23-/m0/s1. The lowest BCUT2D eigenvalue weighted by Gasteiger charge is -2.36. The number of anilines is 1. The third-order valence-electron chi connectivity index (χ3n) is 7.33. The Morgan fingerprint density at radius 3 is 2.74 bits per heavy atom. The average Bonchev–Trinajstić information content (AvgIpc) is 3.49. The Morgan fingerprint density at radius 2 is 2.03 bits per heavy atom. The fourth-order valence-electron chi connectivity index (χ4n) is 5.47. The number of halogens is 4. The zero-order valence-corrected chi connectivity index (χ0v) is 19.1. The monoisotopic (exact) mass is 492 g/mol. The summed E-state index contributed by atoms with van der Waals surface area (Å²) in [5, 5.41) is 5.87. The van der Waals surface area contributed by atoms with E-state index >= 15 is 0 Å². The molecule has 2 fully saturated rings. The van der Waals surface area contributed by atoms with Crippen LogP contribution in [0.25, 0.3) is 0 Å². The molecule has 0 bridgehead atoms. The Kier molecular flexibility index (Phi) is 5.70. The van der Waals surface area contributed by atoms with Crippen LogP contribution in [0.15, 0.2) is 41.3 Å². The predicted molar refractivity (Wildman–Crippen MR) is 122 cm³/mol. The molecule has 2 heterocycles. The minimum atomic E-state index is -4.50. The number of piperazine rings is 1. The number of hydrogen-bond acceptors (Lipinski definition) is 4. The molecule has 2 atom stereocenters. The smallest absolute Gasteiger partial charge is 0.358 e. The zero-order valence-electron chi connectivity index (χ0n) is 18.4. The molecule has 1 unspecified atom stereocenters. The number of nitrogens with one attached hydrogen (secondary N) is 1. The quantitative estimate of drug-likeness (QED) is 0.638. The molecular weight excluding hydrogens is 469 g/mol. The summed E-state index contributed by atoms with van der Waals surface area (Å²) >= 11 is 6.05. The molecule has 1 spiro atoms. The number of aromatic nitrogens is 2. The van der Waals surface area contributed by atoms with Gasteiger partial charge in [-0.05, 0) is 48.1 Å². The van der Waals surface area contributed by atoms with E-state index in [0.717, 1.165) is 25.7 Å². The molecule has 3 aliphatic rings. The summed E-state index contributed by atoms with van der Waals surface area (Å²) in [6.07, 6.45) is 4.45. The fourth-order valence-corrected chi connectivity index (χ4v) is 5.68. The second-order valence-electron chi connectivity index (χ2n) is 9.35. The van der Waals surface area contributed by atoms with Crippen molar-refractivity contribution in [3.8, 4) is 0 Å². The van der Waals surface area contributed by atoms with Crippen molar-refractivity contribution in [1.82, 2.24) is 15.1 Å². The lowest BCUT2D eigenvalue weighted by Crippen LogP contribution is -2.50. The molecule has 6 nitrogen and oxygen atoms in total. The molecule has 1 aromatic heterocycles. The van der Waals surface area contributed by atoms with E-state index in [2.05, 4.69) is 22.3 Å². The van der Waals surface area contributed by atoms with Gasteiger partial charge in [0.2, 0.25) is 5.91 Å². The number of benzene rings is 1. The van der Waals surface area contributed by atoms with Crippen molar-refractivity contribution in [1.29, 1.82) is 0 Å². The molecular formula is C24H24ClF3N4O2. The van der Waals surface area contributed by atoms with Crippen LogP contribution in [0.4, 0.5) is 18.9 Å². The maximum absolute atomic E-state index is 14.3. The van der Waals surface area contributed by atoms with Gasteiger partial charge in [0.05, 0.1) is 24.0 Å². The lowest BCUT2D eigenvalue weighted by molar-refractivity contribution is -0.140. The summed E-state index contributed by atoms with van der Waals surface area (Å²) in [5.74, 6) is -0.436. The topological polar surface area (TPSA) is 69.3 Å². The molecule has 2 aromatic rings. The minimum absolute atomic E-state index is 0.0599. The van der Waals surface area contributed by atoms with E-state index in [1.165, 1.54) is 17.2 Å². The molecule has 10 heteroatoms. The number of amides is 1. The Labute approximate surface area is 199 Å². The fraction of sp³-hybridized carbons (Fsp3) is 0.458. The van der Waals surface area contributed by atoms with Crippen molar-refractivity contribution >= 4 is 23.2 Å². The van der Waals surface area contributed by atoms with E-state index in [-0.39, 0.29) is 47.5 Å². The molecule has 1 aromatic carbocycles. The van der Waals surface area contributed by atoms with Crippen molar-refractivity contribution < 1.29 is 18.0 Å². The van der Waals surface area contributed by atoms with Gasteiger partial charge in [-0.25, -0.2) is 5.10 Å². The SMILES string of the molecule is O=C1CN(c2cn[nH]c(=O)c2Cl)CCN1Cc1cccc(C2C[C@@]23CC=CCC3)c1C(F)(F)F. The van der Waals surface area contributed by atoms with Gasteiger partial charge in [0, 0.05) is 19.6 Å². The Morgan fingerprint density at radius 1 is 1.21 bits per heavy atom. The number of rotatable bonds is 4. The van der Waals surface area contributed by atoms with Gasteiger partial charge in [-0.1, -0.05) is 42.0 Å². The van der Waals surface area contributed by atoms with Crippen molar-refractivity contribution in [3.05, 3.63) is 68.6 Å². The second kappa shape index (κ2) is 8.45. The Balaban J connectivity index is 1.38. The Bertz CT molecular complexity index is 1210. The lowest BCUT2D eigenvalue weighted by atomic mass is 9.85. The number of allylic oxidation sites excluding steroid dienone is 2. The average molecular weight is 493 g/mol. The van der Waals surface area contributed by atoms with Gasteiger partial charge < -0.3 is 9.80 Å². The van der Waals surface area contributed by atoms with Gasteiger partial charge in [-0.2, -0.15) is 18.3 Å². The van der Waals surface area contributed by atoms with Crippen LogP contribution < -0.4 is 10.5 Å². The van der Waals surface area contributed by atoms with Gasteiger partial charge in [0.15, 0.2) is 0 Å². The van der Waals surface area contributed by atoms with Crippen molar-refractivity contribution in [2.45, 2.75) is 44.3 Å². The van der Waals surface area contributed by atoms with Crippen molar-refractivity contribution in [2.75, 3.05) is 24.5 Å². The second-order valence-corrected chi connectivity index (χ2v) is 9.73. The number of aromatic amines is 1. The van der Waals surface area contributed by atoms with Crippen LogP contribution in [0.2, 0.25) is 5.02 Å². The van der Waals surface area contributed by atoms with Crippen LogP contribution in [0.5, 0.6) is 0 Å². The predicted octanol–water partition coefficient (Wildman–Crippen LogP) is 4.50. The first-order valence-corrected chi connectivity index (χ1v) is 11.7.